The predicted octanol–water partition coefficient (Wildman–Crippen LogP) is 1.42. The summed E-state index contributed by atoms with van der Waals surface area (Å²) in [5.74, 6) is -0.276. The lowest BCUT2D eigenvalue weighted by molar-refractivity contribution is 0.566. The van der Waals surface area contributed by atoms with E-state index in [-0.39, 0.29) is 17.5 Å². The minimum Gasteiger partial charge on any atom is -0.386 e. The van der Waals surface area contributed by atoms with Gasteiger partial charge in [0.25, 0.3) is 0 Å². The lowest BCUT2D eigenvalue weighted by Crippen LogP contribution is -2.44. The topological polar surface area (TPSA) is 96.0 Å². The van der Waals surface area contributed by atoms with Crippen molar-refractivity contribution in [3.8, 4) is 0 Å². The number of nitrogens with two attached hydrogens (primary N) is 1. The van der Waals surface area contributed by atoms with Gasteiger partial charge in [0.05, 0.1) is 11.8 Å². The fourth-order valence-electron chi connectivity index (χ4n) is 1.84. The van der Waals surface area contributed by atoms with E-state index in [1.165, 1.54) is 0 Å². The van der Waals surface area contributed by atoms with Gasteiger partial charge in [0.2, 0.25) is 10.0 Å². The first-order valence-electron chi connectivity index (χ1n) is 6.24. The van der Waals surface area contributed by atoms with Crippen LogP contribution in [0.4, 0.5) is 0 Å². The van der Waals surface area contributed by atoms with Crippen molar-refractivity contribution >= 4 is 15.9 Å². The van der Waals surface area contributed by atoms with Crippen LogP contribution in [0.5, 0.6) is 0 Å². The van der Waals surface area contributed by atoms with E-state index < -0.39 is 16.1 Å². The smallest absolute Gasteiger partial charge is 0.212 e. The van der Waals surface area contributed by atoms with Crippen LogP contribution < -0.4 is 10.5 Å². The monoisotopic (exact) mass is 283 g/mol. The van der Waals surface area contributed by atoms with Gasteiger partial charge in [-0.15, -0.1) is 0 Å². The maximum absolute atomic E-state index is 12.0. The summed E-state index contributed by atoms with van der Waals surface area (Å²) >= 11 is 0. The van der Waals surface area contributed by atoms with Crippen molar-refractivity contribution < 1.29 is 8.42 Å². The molecule has 0 bridgehead atoms. The Labute approximate surface area is 114 Å². The van der Waals surface area contributed by atoms with Crippen LogP contribution in [0.15, 0.2) is 30.3 Å². The van der Waals surface area contributed by atoms with Crippen molar-refractivity contribution in [2.45, 2.75) is 32.2 Å². The molecule has 1 aromatic carbocycles. The molecular formula is C13H21N3O2S. The summed E-state index contributed by atoms with van der Waals surface area (Å²) in [7, 11) is -3.46. The highest BCUT2D eigenvalue weighted by Crippen LogP contribution is 2.16. The van der Waals surface area contributed by atoms with Crippen molar-refractivity contribution in [3.05, 3.63) is 35.9 Å². The standard InChI is InChI=1S/C13H21N3O2S/c1-3-12(13(14)15)16-19(17,18)9-10(2)11-7-5-4-6-8-11/h4-8,10,12,16H,3,9H2,1-2H3,(H3,14,15). The zero-order valence-electron chi connectivity index (χ0n) is 11.3. The number of nitrogens with one attached hydrogen (secondary N) is 2. The third-order valence-electron chi connectivity index (χ3n) is 2.94. The summed E-state index contributed by atoms with van der Waals surface area (Å²) in [6, 6.07) is 8.86. The highest BCUT2D eigenvalue weighted by Gasteiger charge is 2.21. The Balaban J connectivity index is 2.72. The Morgan fingerprint density at radius 1 is 1.37 bits per heavy atom. The minimum absolute atomic E-state index is 0.0131. The van der Waals surface area contributed by atoms with Crippen LogP contribution in [0.3, 0.4) is 0 Å². The van der Waals surface area contributed by atoms with Crippen molar-refractivity contribution in [2.24, 2.45) is 5.73 Å². The fourth-order valence-corrected chi connectivity index (χ4v) is 3.51. The lowest BCUT2D eigenvalue weighted by atomic mass is 10.0. The lowest BCUT2D eigenvalue weighted by Gasteiger charge is -2.18. The van der Waals surface area contributed by atoms with Crippen LogP contribution in [-0.4, -0.2) is 26.0 Å². The molecule has 0 saturated carbocycles. The zero-order chi connectivity index (χ0) is 14.5. The van der Waals surface area contributed by atoms with Gasteiger partial charge in [-0.1, -0.05) is 44.2 Å². The van der Waals surface area contributed by atoms with Crippen LogP contribution in [-0.2, 0) is 10.0 Å². The maximum Gasteiger partial charge on any atom is 0.212 e. The fraction of sp³-hybridized carbons (Fsp3) is 0.462. The Hall–Kier alpha value is -1.40. The van der Waals surface area contributed by atoms with Gasteiger partial charge in [-0.3, -0.25) is 5.41 Å². The van der Waals surface area contributed by atoms with Gasteiger partial charge in [0, 0.05) is 0 Å². The Morgan fingerprint density at radius 3 is 2.42 bits per heavy atom. The van der Waals surface area contributed by atoms with E-state index in [0.29, 0.717) is 6.42 Å². The van der Waals surface area contributed by atoms with Crippen molar-refractivity contribution in [2.75, 3.05) is 5.75 Å². The van der Waals surface area contributed by atoms with E-state index in [1.807, 2.05) is 37.3 Å². The molecule has 0 aliphatic carbocycles. The molecule has 1 aromatic rings. The second-order valence-electron chi connectivity index (χ2n) is 4.63. The number of amidine groups is 1. The van der Waals surface area contributed by atoms with Gasteiger partial charge >= 0.3 is 0 Å². The number of rotatable bonds is 7. The van der Waals surface area contributed by atoms with E-state index in [2.05, 4.69) is 4.72 Å². The first kappa shape index (κ1) is 15.7. The highest BCUT2D eigenvalue weighted by molar-refractivity contribution is 7.89. The summed E-state index contributed by atoms with van der Waals surface area (Å²) in [4.78, 5) is 0. The molecule has 5 nitrogen and oxygen atoms in total. The Morgan fingerprint density at radius 2 is 1.95 bits per heavy atom. The molecule has 2 unspecified atom stereocenters. The van der Waals surface area contributed by atoms with Gasteiger partial charge in [-0.25, -0.2) is 13.1 Å². The van der Waals surface area contributed by atoms with E-state index in [1.54, 1.807) is 6.92 Å². The van der Waals surface area contributed by atoms with Crippen LogP contribution >= 0.6 is 0 Å². The largest absolute Gasteiger partial charge is 0.386 e. The molecule has 0 fully saturated rings. The van der Waals surface area contributed by atoms with Gasteiger partial charge in [0.15, 0.2) is 0 Å². The molecule has 0 radical (unpaired) electrons. The quantitative estimate of drug-likeness (QED) is 0.521. The first-order valence-corrected chi connectivity index (χ1v) is 7.89. The van der Waals surface area contributed by atoms with Crippen LogP contribution in [0.1, 0.15) is 31.7 Å². The van der Waals surface area contributed by atoms with Gasteiger partial charge in [-0.05, 0) is 17.9 Å². The number of sulfonamides is 1. The molecule has 0 amide bonds. The molecule has 0 spiro atoms. The predicted molar refractivity (Wildman–Crippen MR) is 77.8 cm³/mol. The average Bonchev–Trinajstić information content (AvgIpc) is 2.36. The minimum atomic E-state index is -3.46. The van der Waals surface area contributed by atoms with E-state index >= 15 is 0 Å². The summed E-state index contributed by atoms with van der Waals surface area (Å²) < 4.78 is 26.5. The molecule has 0 aromatic heterocycles. The molecule has 0 aliphatic rings. The summed E-state index contributed by atoms with van der Waals surface area (Å²) in [5, 5.41) is 7.33. The molecule has 0 aliphatic heterocycles. The molecule has 0 saturated heterocycles. The van der Waals surface area contributed by atoms with Crippen molar-refractivity contribution in [1.29, 1.82) is 5.41 Å². The molecule has 4 N–H and O–H groups in total. The Bertz CT molecular complexity index is 514. The van der Waals surface area contributed by atoms with Crippen LogP contribution in [0.25, 0.3) is 0 Å². The van der Waals surface area contributed by atoms with Gasteiger partial charge < -0.3 is 5.73 Å². The maximum atomic E-state index is 12.0. The van der Waals surface area contributed by atoms with E-state index in [0.717, 1.165) is 5.56 Å². The molecule has 1 rings (SSSR count). The van der Waals surface area contributed by atoms with Crippen LogP contribution in [0.2, 0.25) is 0 Å². The molecular weight excluding hydrogens is 262 g/mol. The van der Waals surface area contributed by atoms with E-state index in [4.69, 9.17) is 11.1 Å². The third-order valence-corrected chi connectivity index (χ3v) is 4.53. The summed E-state index contributed by atoms with van der Waals surface area (Å²) in [5.41, 5.74) is 6.33. The normalized spacial score (nSPS) is 14.8. The zero-order valence-corrected chi connectivity index (χ0v) is 12.1. The SMILES string of the molecule is CCC(NS(=O)(=O)CC(C)c1ccccc1)C(=N)N. The molecule has 2 atom stereocenters. The average molecular weight is 283 g/mol. The number of benzene rings is 1. The summed E-state index contributed by atoms with van der Waals surface area (Å²) in [6.45, 7) is 3.65. The molecule has 106 valence electrons. The van der Waals surface area contributed by atoms with Gasteiger partial charge in [0.1, 0.15) is 5.84 Å². The summed E-state index contributed by atoms with van der Waals surface area (Å²) in [6.07, 6.45) is 0.467. The highest BCUT2D eigenvalue weighted by atomic mass is 32.2. The number of hydrogen-bond acceptors (Lipinski definition) is 3. The second-order valence-corrected chi connectivity index (χ2v) is 6.43. The third kappa shape index (κ3) is 5.00. The van der Waals surface area contributed by atoms with Gasteiger partial charge in [-0.2, -0.15) is 0 Å². The van der Waals surface area contributed by atoms with Crippen molar-refractivity contribution in [3.63, 3.8) is 0 Å². The van der Waals surface area contributed by atoms with E-state index in [9.17, 15) is 8.42 Å². The van der Waals surface area contributed by atoms with Crippen molar-refractivity contribution in [1.82, 2.24) is 4.72 Å². The first-order chi connectivity index (χ1) is 8.85. The van der Waals surface area contributed by atoms with Crippen LogP contribution in [0, 0.1) is 5.41 Å². The Kier molecular flexibility index (Phi) is 5.50. The molecule has 19 heavy (non-hydrogen) atoms. The number of hydrogen-bond donors (Lipinski definition) is 3. The second kappa shape index (κ2) is 6.68. The molecule has 6 heteroatoms. The molecule has 0 heterocycles.